The van der Waals surface area contributed by atoms with E-state index in [1.54, 1.807) is 7.11 Å². The number of nitrogens with one attached hydrogen (secondary N) is 2. The Kier molecular flexibility index (Phi) is 7.81. The highest BCUT2D eigenvalue weighted by molar-refractivity contribution is 5.68. The Morgan fingerprint density at radius 3 is 2.13 bits per heavy atom. The normalized spacial score (nSPS) is 22.7. The lowest BCUT2D eigenvalue weighted by Gasteiger charge is -2.33. The summed E-state index contributed by atoms with van der Waals surface area (Å²) in [6.45, 7) is 12.0. The van der Waals surface area contributed by atoms with Crippen molar-refractivity contribution in [3.8, 4) is 0 Å². The first-order chi connectivity index (χ1) is 10.6. The standard InChI is InChI=1S/C18H36N2O3/c1-17(2,3)23-16(21)20-15-9-7-14(8-10-15)19-13-18(4,5)11-12-22-6/h14-15,19H,7-13H2,1-6H3,(H,20,21). The van der Waals surface area contributed by atoms with Crippen LogP contribution in [0.5, 0.6) is 0 Å². The summed E-state index contributed by atoms with van der Waals surface area (Å²) in [5, 5.41) is 6.67. The van der Waals surface area contributed by atoms with Gasteiger partial charge in [-0.2, -0.15) is 0 Å². The summed E-state index contributed by atoms with van der Waals surface area (Å²) in [6.07, 6.45) is 4.98. The molecule has 23 heavy (non-hydrogen) atoms. The number of hydrogen-bond donors (Lipinski definition) is 2. The maximum Gasteiger partial charge on any atom is 0.407 e. The van der Waals surface area contributed by atoms with Gasteiger partial charge in [0, 0.05) is 32.3 Å². The Bertz CT molecular complexity index is 356. The van der Waals surface area contributed by atoms with E-state index >= 15 is 0 Å². The molecule has 0 aromatic carbocycles. The fraction of sp³-hybridized carbons (Fsp3) is 0.944. The fourth-order valence-electron chi connectivity index (χ4n) is 2.80. The quantitative estimate of drug-likeness (QED) is 0.751. The number of ether oxygens (including phenoxy) is 2. The molecule has 0 bridgehead atoms. The van der Waals surface area contributed by atoms with E-state index in [0.29, 0.717) is 6.04 Å². The van der Waals surface area contributed by atoms with Crippen LogP contribution in [0, 0.1) is 5.41 Å². The summed E-state index contributed by atoms with van der Waals surface area (Å²) in [4.78, 5) is 11.8. The zero-order valence-electron chi connectivity index (χ0n) is 15.8. The van der Waals surface area contributed by atoms with Crippen LogP contribution >= 0.6 is 0 Å². The number of rotatable bonds is 7. The molecular formula is C18H36N2O3. The molecule has 1 aliphatic rings. The van der Waals surface area contributed by atoms with Gasteiger partial charge in [0.15, 0.2) is 0 Å². The predicted molar refractivity (Wildman–Crippen MR) is 93.7 cm³/mol. The second-order valence-electron chi connectivity index (χ2n) is 8.48. The van der Waals surface area contributed by atoms with Crippen LogP contribution in [0.4, 0.5) is 4.79 Å². The van der Waals surface area contributed by atoms with Crippen molar-refractivity contribution >= 4 is 6.09 Å². The van der Waals surface area contributed by atoms with Crippen LogP contribution in [0.3, 0.4) is 0 Å². The molecule has 2 N–H and O–H groups in total. The minimum absolute atomic E-state index is 0.240. The fourth-order valence-corrected chi connectivity index (χ4v) is 2.80. The SMILES string of the molecule is COCCC(C)(C)CNC1CCC(NC(=O)OC(C)(C)C)CC1. The van der Waals surface area contributed by atoms with Crippen molar-refractivity contribution in [2.75, 3.05) is 20.3 Å². The minimum atomic E-state index is -0.434. The first-order valence-corrected chi connectivity index (χ1v) is 8.83. The zero-order chi connectivity index (χ0) is 17.5. The lowest BCUT2D eigenvalue weighted by Crippen LogP contribution is -2.45. The number of amides is 1. The third-order valence-electron chi connectivity index (χ3n) is 4.30. The molecule has 0 saturated heterocycles. The van der Waals surface area contributed by atoms with E-state index in [-0.39, 0.29) is 17.6 Å². The molecule has 0 heterocycles. The molecule has 5 nitrogen and oxygen atoms in total. The lowest BCUT2D eigenvalue weighted by molar-refractivity contribution is 0.0489. The minimum Gasteiger partial charge on any atom is -0.444 e. The van der Waals surface area contributed by atoms with Gasteiger partial charge in [0.05, 0.1) is 0 Å². The molecule has 136 valence electrons. The van der Waals surface area contributed by atoms with Crippen LogP contribution in [-0.2, 0) is 9.47 Å². The molecule has 0 unspecified atom stereocenters. The van der Waals surface area contributed by atoms with Crippen molar-refractivity contribution in [3.05, 3.63) is 0 Å². The van der Waals surface area contributed by atoms with Crippen molar-refractivity contribution in [2.24, 2.45) is 5.41 Å². The molecule has 1 aliphatic carbocycles. The molecule has 1 fully saturated rings. The Morgan fingerprint density at radius 1 is 1.04 bits per heavy atom. The van der Waals surface area contributed by atoms with Gasteiger partial charge >= 0.3 is 6.09 Å². The second-order valence-corrected chi connectivity index (χ2v) is 8.48. The lowest BCUT2D eigenvalue weighted by atomic mass is 9.87. The maximum absolute atomic E-state index is 11.8. The summed E-state index contributed by atoms with van der Waals surface area (Å²) in [5.41, 5.74) is -0.182. The second kappa shape index (κ2) is 8.88. The van der Waals surface area contributed by atoms with Gasteiger partial charge in [-0.3, -0.25) is 0 Å². The molecule has 0 aromatic heterocycles. The largest absolute Gasteiger partial charge is 0.444 e. The number of hydrogen-bond acceptors (Lipinski definition) is 4. The summed E-state index contributed by atoms with van der Waals surface area (Å²) in [5.74, 6) is 0. The maximum atomic E-state index is 11.8. The van der Waals surface area contributed by atoms with Crippen LogP contribution in [-0.4, -0.2) is 44.0 Å². The van der Waals surface area contributed by atoms with Gasteiger partial charge in [-0.25, -0.2) is 4.79 Å². The molecule has 0 aromatic rings. The molecule has 5 heteroatoms. The van der Waals surface area contributed by atoms with Gasteiger partial charge in [-0.1, -0.05) is 13.8 Å². The van der Waals surface area contributed by atoms with E-state index in [1.807, 2.05) is 20.8 Å². The topological polar surface area (TPSA) is 59.6 Å². The molecule has 1 amide bonds. The monoisotopic (exact) mass is 328 g/mol. The van der Waals surface area contributed by atoms with Crippen LogP contribution in [0.25, 0.3) is 0 Å². The summed E-state index contributed by atoms with van der Waals surface area (Å²) in [7, 11) is 1.75. The average molecular weight is 328 g/mol. The number of methoxy groups -OCH3 is 1. The molecule has 1 rings (SSSR count). The zero-order valence-corrected chi connectivity index (χ0v) is 15.8. The summed E-state index contributed by atoms with van der Waals surface area (Å²) in [6, 6.07) is 0.790. The third-order valence-corrected chi connectivity index (χ3v) is 4.30. The van der Waals surface area contributed by atoms with Crippen LogP contribution in [0.15, 0.2) is 0 Å². The van der Waals surface area contributed by atoms with Gasteiger partial charge < -0.3 is 20.1 Å². The summed E-state index contributed by atoms with van der Waals surface area (Å²) >= 11 is 0. The van der Waals surface area contributed by atoms with E-state index in [0.717, 1.165) is 45.3 Å². The molecule has 0 spiro atoms. The number of alkyl carbamates (subject to hydrolysis) is 1. The first-order valence-electron chi connectivity index (χ1n) is 8.83. The molecule has 1 saturated carbocycles. The molecule has 0 aliphatic heterocycles. The van der Waals surface area contributed by atoms with E-state index < -0.39 is 5.60 Å². The van der Waals surface area contributed by atoms with Crippen molar-refractivity contribution in [3.63, 3.8) is 0 Å². The van der Waals surface area contributed by atoms with Crippen molar-refractivity contribution in [2.45, 2.75) is 84.4 Å². The number of carbonyl (C=O) groups is 1. The van der Waals surface area contributed by atoms with Gasteiger partial charge in [-0.15, -0.1) is 0 Å². The summed E-state index contributed by atoms with van der Waals surface area (Å²) < 4.78 is 10.5. The van der Waals surface area contributed by atoms with E-state index in [2.05, 4.69) is 24.5 Å². The van der Waals surface area contributed by atoms with Crippen molar-refractivity contribution in [1.29, 1.82) is 0 Å². The highest BCUT2D eigenvalue weighted by Gasteiger charge is 2.26. The van der Waals surface area contributed by atoms with Gasteiger partial charge in [-0.05, 0) is 58.3 Å². The predicted octanol–water partition coefficient (Wildman–Crippen LogP) is 3.47. The van der Waals surface area contributed by atoms with Crippen molar-refractivity contribution in [1.82, 2.24) is 10.6 Å². The van der Waals surface area contributed by atoms with E-state index in [9.17, 15) is 4.79 Å². The highest BCUT2D eigenvalue weighted by Crippen LogP contribution is 2.23. The average Bonchev–Trinajstić information content (AvgIpc) is 2.42. The smallest absolute Gasteiger partial charge is 0.407 e. The molecule has 0 radical (unpaired) electrons. The van der Waals surface area contributed by atoms with Crippen LogP contribution in [0.2, 0.25) is 0 Å². The van der Waals surface area contributed by atoms with Crippen LogP contribution < -0.4 is 10.6 Å². The first kappa shape index (κ1) is 20.2. The molecular weight excluding hydrogens is 292 g/mol. The Hall–Kier alpha value is -0.810. The Balaban J connectivity index is 2.24. The Labute approximate surface area is 141 Å². The molecule has 0 atom stereocenters. The van der Waals surface area contributed by atoms with Crippen molar-refractivity contribution < 1.29 is 14.3 Å². The van der Waals surface area contributed by atoms with E-state index in [1.165, 1.54) is 0 Å². The van der Waals surface area contributed by atoms with Gasteiger partial charge in [0.25, 0.3) is 0 Å². The van der Waals surface area contributed by atoms with Gasteiger partial charge in [0.1, 0.15) is 5.60 Å². The highest BCUT2D eigenvalue weighted by atomic mass is 16.6. The van der Waals surface area contributed by atoms with E-state index in [4.69, 9.17) is 9.47 Å². The van der Waals surface area contributed by atoms with Gasteiger partial charge in [0.2, 0.25) is 0 Å². The number of carbonyl (C=O) groups excluding carboxylic acids is 1. The van der Waals surface area contributed by atoms with Crippen LogP contribution in [0.1, 0.15) is 66.7 Å². The Morgan fingerprint density at radius 2 is 1.61 bits per heavy atom. The third kappa shape index (κ3) is 9.16.